The van der Waals surface area contributed by atoms with E-state index in [1.54, 1.807) is 4.90 Å². The Hall–Kier alpha value is -3.40. The van der Waals surface area contributed by atoms with Crippen LogP contribution in [-0.4, -0.2) is 36.3 Å². The van der Waals surface area contributed by atoms with Gasteiger partial charge in [0.15, 0.2) is 0 Å². The molecule has 0 aromatic heterocycles. The van der Waals surface area contributed by atoms with Gasteiger partial charge in [0.05, 0.1) is 5.92 Å². The van der Waals surface area contributed by atoms with E-state index in [1.165, 1.54) is 5.56 Å². The molecule has 0 radical (unpaired) electrons. The fourth-order valence-corrected chi connectivity index (χ4v) is 3.98. The molecule has 1 heterocycles. The minimum atomic E-state index is -0.285. The van der Waals surface area contributed by atoms with E-state index in [9.17, 15) is 9.59 Å². The average Bonchev–Trinajstić information content (AvgIpc) is 2.96. The van der Waals surface area contributed by atoms with Crippen molar-refractivity contribution in [2.45, 2.75) is 13.3 Å². The van der Waals surface area contributed by atoms with Crippen molar-refractivity contribution in [3.63, 3.8) is 0 Å². The first-order chi connectivity index (χ1) is 14.6. The third-order valence-electron chi connectivity index (χ3n) is 5.65. The maximum atomic E-state index is 13.0. The molecule has 4 rings (SSSR count). The highest BCUT2D eigenvalue weighted by Gasteiger charge is 2.28. The van der Waals surface area contributed by atoms with Gasteiger partial charge in [-0.1, -0.05) is 72.3 Å². The van der Waals surface area contributed by atoms with Crippen LogP contribution < -0.4 is 5.32 Å². The number of carbonyl (C=O) groups is 2. The zero-order valence-corrected chi connectivity index (χ0v) is 17.2. The summed E-state index contributed by atoms with van der Waals surface area (Å²) in [7, 11) is 0. The topological polar surface area (TPSA) is 49.4 Å². The molecule has 30 heavy (non-hydrogen) atoms. The van der Waals surface area contributed by atoms with Gasteiger partial charge in [-0.2, -0.15) is 0 Å². The van der Waals surface area contributed by atoms with E-state index < -0.39 is 0 Å². The fraction of sp³-hybridized carbons (Fsp3) is 0.231. The van der Waals surface area contributed by atoms with E-state index in [2.05, 4.69) is 48.6 Å². The molecule has 1 aliphatic rings. The first-order valence-corrected chi connectivity index (χ1v) is 10.4. The summed E-state index contributed by atoms with van der Waals surface area (Å²) in [6.07, 6.45) is 0.592. The van der Waals surface area contributed by atoms with Crippen LogP contribution in [0.5, 0.6) is 0 Å². The van der Waals surface area contributed by atoms with Crippen LogP contribution in [0.4, 0.5) is 0 Å². The molecule has 4 heteroatoms. The van der Waals surface area contributed by atoms with Gasteiger partial charge >= 0.3 is 0 Å². The first kappa shape index (κ1) is 19.9. The Kier molecular flexibility index (Phi) is 5.94. The van der Waals surface area contributed by atoms with Crippen LogP contribution in [0.25, 0.3) is 11.1 Å². The zero-order valence-electron chi connectivity index (χ0n) is 17.2. The molecule has 1 aliphatic heterocycles. The second-order valence-corrected chi connectivity index (χ2v) is 7.83. The Bertz CT molecular complexity index is 1030. The van der Waals surface area contributed by atoms with Gasteiger partial charge in [-0.15, -0.1) is 0 Å². The van der Waals surface area contributed by atoms with Crippen molar-refractivity contribution in [3.8, 4) is 11.1 Å². The van der Waals surface area contributed by atoms with Crippen LogP contribution in [0, 0.1) is 12.8 Å². The van der Waals surface area contributed by atoms with Gasteiger partial charge in [0.2, 0.25) is 5.91 Å². The number of nitrogens with zero attached hydrogens (tertiary/aromatic N) is 1. The maximum absolute atomic E-state index is 13.0. The van der Waals surface area contributed by atoms with Gasteiger partial charge < -0.3 is 10.2 Å². The predicted octanol–water partition coefficient (Wildman–Crippen LogP) is 4.09. The number of nitrogens with one attached hydrogen (secondary N) is 1. The lowest BCUT2D eigenvalue weighted by atomic mass is 9.91. The van der Waals surface area contributed by atoms with Crippen molar-refractivity contribution in [2.24, 2.45) is 5.92 Å². The van der Waals surface area contributed by atoms with Crippen LogP contribution in [0.15, 0.2) is 78.9 Å². The van der Waals surface area contributed by atoms with Gasteiger partial charge in [-0.25, -0.2) is 0 Å². The van der Waals surface area contributed by atoms with Crippen molar-refractivity contribution >= 4 is 11.8 Å². The lowest BCUT2D eigenvalue weighted by Crippen LogP contribution is -2.37. The quantitative estimate of drug-likeness (QED) is 0.720. The summed E-state index contributed by atoms with van der Waals surface area (Å²) < 4.78 is 0. The second-order valence-electron chi connectivity index (χ2n) is 7.83. The highest BCUT2D eigenvalue weighted by Crippen LogP contribution is 2.27. The summed E-state index contributed by atoms with van der Waals surface area (Å²) in [5.74, 6) is -0.298. The molecule has 2 amide bonds. The van der Waals surface area contributed by atoms with Gasteiger partial charge in [-0.3, -0.25) is 9.59 Å². The van der Waals surface area contributed by atoms with E-state index in [4.69, 9.17) is 0 Å². The summed E-state index contributed by atoms with van der Waals surface area (Å²) >= 11 is 0. The van der Waals surface area contributed by atoms with E-state index in [0.717, 1.165) is 16.7 Å². The normalized spacial score (nSPS) is 16.6. The Labute approximate surface area is 177 Å². The van der Waals surface area contributed by atoms with Crippen molar-refractivity contribution in [1.82, 2.24) is 10.2 Å². The third kappa shape index (κ3) is 4.43. The average molecular weight is 399 g/mol. The number of rotatable bonds is 4. The lowest BCUT2D eigenvalue weighted by molar-refractivity contribution is -0.124. The smallest absolute Gasteiger partial charge is 0.253 e. The highest BCUT2D eigenvalue weighted by atomic mass is 16.2. The SMILES string of the molecule is Cc1ccc(-c2ccccc2C[C@H]2CN(C(=O)c3ccccc3)CCNC2=O)cc1. The van der Waals surface area contributed by atoms with Crippen LogP contribution in [0.2, 0.25) is 0 Å². The predicted molar refractivity (Wildman–Crippen MR) is 119 cm³/mol. The molecule has 1 N–H and O–H groups in total. The molecule has 3 aromatic rings. The summed E-state index contributed by atoms with van der Waals surface area (Å²) in [6.45, 7) is 3.49. The lowest BCUT2D eigenvalue weighted by Gasteiger charge is -2.24. The number of hydrogen-bond acceptors (Lipinski definition) is 2. The Morgan fingerprint density at radius 1 is 0.967 bits per heavy atom. The summed E-state index contributed by atoms with van der Waals surface area (Å²) in [5, 5.41) is 2.99. The summed E-state index contributed by atoms with van der Waals surface area (Å²) in [6, 6.07) is 25.9. The van der Waals surface area contributed by atoms with E-state index in [-0.39, 0.29) is 17.7 Å². The molecule has 1 saturated heterocycles. The van der Waals surface area contributed by atoms with Gasteiger partial charge in [0, 0.05) is 25.2 Å². The minimum Gasteiger partial charge on any atom is -0.354 e. The largest absolute Gasteiger partial charge is 0.354 e. The number of aryl methyl sites for hydroxylation is 1. The molecule has 0 aliphatic carbocycles. The second kappa shape index (κ2) is 8.95. The molecule has 0 spiro atoms. The van der Waals surface area contributed by atoms with Crippen LogP contribution in [0.1, 0.15) is 21.5 Å². The Balaban J connectivity index is 1.58. The Morgan fingerprint density at radius 2 is 1.67 bits per heavy atom. The molecule has 4 nitrogen and oxygen atoms in total. The highest BCUT2D eigenvalue weighted by molar-refractivity contribution is 5.94. The van der Waals surface area contributed by atoms with Crippen molar-refractivity contribution < 1.29 is 9.59 Å². The number of amides is 2. The zero-order chi connectivity index (χ0) is 20.9. The molecule has 0 bridgehead atoms. The fourth-order valence-electron chi connectivity index (χ4n) is 3.98. The standard InChI is InChI=1S/C26H26N2O2/c1-19-11-13-20(14-12-19)24-10-6-5-9-22(24)17-23-18-28(16-15-27-25(23)29)26(30)21-7-3-2-4-8-21/h2-14,23H,15-18H2,1H3,(H,27,29)/t23-/m0/s1. The van der Waals surface area contributed by atoms with Crippen LogP contribution in [0.3, 0.4) is 0 Å². The van der Waals surface area contributed by atoms with Crippen LogP contribution in [-0.2, 0) is 11.2 Å². The molecule has 3 aromatic carbocycles. The third-order valence-corrected chi connectivity index (χ3v) is 5.65. The van der Waals surface area contributed by atoms with E-state index >= 15 is 0 Å². The molecule has 0 unspecified atom stereocenters. The molecular weight excluding hydrogens is 372 g/mol. The maximum Gasteiger partial charge on any atom is 0.253 e. The summed E-state index contributed by atoms with van der Waals surface area (Å²) in [4.78, 5) is 27.5. The Morgan fingerprint density at radius 3 is 2.43 bits per heavy atom. The van der Waals surface area contributed by atoms with Crippen molar-refractivity contribution in [2.75, 3.05) is 19.6 Å². The molecule has 1 atom stereocenters. The van der Waals surface area contributed by atoms with E-state index in [1.807, 2.05) is 42.5 Å². The molecule has 1 fully saturated rings. The molecular formula is C26H26N2O2. The number of carbonyl (C=O) groups excluding carboxylic acids is 2. The van der Waals surface area contributed by atoms with E-state index in [0.29, 0.717) is 31.6 Å². The van der Waals surface area contributed by atoms with Gasteiger partial charge in [0.1, 0.15) is 0 Å². The van der Waals surface area contributed by atoms with Crippen molar-refractivity contribution in [1.29, 1.82) is 0 Å². The monoisotopic (exact) mass is 398 g/mol. The number of hydrogen-bond donors (Lipinski definition) is 1. The van der Waals surface area contributed by atoms with Crippen molar-refractivity contribution in [3.05, 3.63) is 95.6 Å². The molecule has 152 valence electrons. The molecule has 0 saturated carbocycles. The first-order valence-electron chi connectivity index (χ1n) is 10.4. The summed E-state index contributed by atoms with van der Waals surface area (Å²) in [5.41, 5.74) is 5.27. The number of benzene rings is 3. The van der Waals surface area contributed by atoms with Gasteiger partial charge in [-0.05, 0) is 42.2 Å². The van der Waals surface area contributed by atoms with Crippen LogP contribution >= 0.6 is 0 Å². The minimum absolute atomic E-state index is 0.0112. The van der Waals surface area contributed by atoms with Gasteiger partial charge in [0.25, 0.3) is 5.91 Å².